The first-order chi connectivity index (χ1) is 11.6. The second kappa shape index (κ2) is 6.08. The van der Waals surface area contributed by atoms with Crippen LogP contribution in [-0.2, 0) is 0 Å². The highest BCUT2D eigenvalue weighted by Crippen LogP contribution is 2.38. The lowest BCUT2D eigenvalue weighted by atomic mass is 10.2. The Balaban J connectivity index is 1.60. The van der Waals surface area contributed by atoms with Crippen molar-refractivity contribution >= 4 is 5.82 Å². The van der Waals surface area contributed by atoms with Crippen molar-refractivity contribution in [1.82, 2.24) is 25.1 Å². The van der Waals surface area contributed by atoms with Crippen LogP contribution in [0, 0.1) is 6.92 Å². The fourth-order valence-corrected chi connectivity index (χ4v) is 3.05. The summed E-state index contributed by atoms with van der Waals surface area (Å²) in [7, 11) is 0. The molecule has 1 saturated heterocycles. The lowest BCUT2D eigenvalue weighted by Gasteiger charge is -2.13. The maximum absolute atomic E-state index is 13.2. The van der Waals surface area contributed by atoms with Crippen molar-refractivity contribution in [2.45, 2.75) is 44.7 Å². The molecule has 0 spiro atoms. The number of halogens is 2. The summed E-state index contributed by atoms with van der Waals surface area (Å²) in [6.07, 6.45) is 0.222. The number of rotatable bonds is 5. The Labute approximate surface area is 138 Å². The lowest BCUT2D eigenvalue weighted by Crippen LogP contribution is -2.22. The summed E-state index contributed by atoms with van der Waals surface area (Å²) in [5.74, 6) is 0.878. The first-order valence-corrected chi connectivity index (χ1v) is 8.31. The van der Waals surface area contributed by atoms with Gasteiger partial charge in [0.15, 0.2) is 11.6 Å². The molecule has 0 aromatic carbocycles. The van der Waals surface area contributed by atoms with E-state index in [0.717, 1.165) is 43.9 Å². The van der Waals surface area contributed by atoms with Crippen molar-refractivity contribution in [2.75, 3.05) is 18.4 Å². The van der Waals surface area contributed by atoms with Crippen LogP contribution in [0.3, 0.4) is 0 Å². The summed E-state index contributed by atoms with van der Waals surface area (Å²) in [4.78, 5) is 8.61. The number of aromatic nitrogens is 4. The fraction of sp³-hybridized carbons (Fsp3) is 0.562. The molecule has 0 unspecified atom stereocenters. The van der Waals surface area contributed by atoms with Gasteiger partial charge in [-0.25, -0.2) is 23.4 Å². The summed E-state index contributed by atoms with van der Waals surface area (Å²) >= 11 is 0. The number of anilines is 1. The maximum Gasteiger partial charge on any atom is 0.297 e. The molecule has 0 bridgehead atoms. The number of nitrogens with one attached hydrogen (secondary N) is 2. The average Bonchev–Trinajstić information content (AvgIpc) is 3.08. The predicted molar refractivity (Wildman–Crippen MR) is 86.1 cm³/mol. The van der Waals surface area contributed by atoms with Gasteiger partial charge in [-0.05, 0) is 44.9 Å². The molecule has 0 amide bonds. The van der Waals surface area contributed by atoms with Crippen LogP contribution in [0.4, 0.5) is 14.6 Å². The van der Waals surface area contributed by atoms with Crippen LogP contribution >= 0.6 is 0 Å². The Hall–Kier alpha value is -2.09. The van der Waals surface area contributed by atoms with Gasteiger partial charge in [0.2, 0.25) is 0 Å². The first kappa shape index (κ1) is 15.4. The number of alkyl halides is 2. The van der Waals surface area contributed by atoms with Crippen LogP contribution < -0.4 is 10.6 Å². The summed E-state index contributed by atoms with van der Waals surface area (Å²) in [5, 5.41) is 11.0. The van der Waals surface area contributed by atoms with Crippen molar-refractivity contribution in [3.8, 4) is 11.4 Å². The third kappa shape index (κ3) is 2.98. The van der Waals surface area contributed by atoms with Crippen molar-refractivity contribution in [1.29, 1.82) is 0 Å². The molecule has 24 heavy (non-hydrogen) atoms. The van der Waals surface area contributed by atoms with Crippen molar-refractivity contribution in [3.63, 3.8) is 0 Å². The number of pyridine rings is 1. The van der Waals surface area contributed by atoms with Crippen LogP contribution in [0.1, 0.15) is 43.2 Å². The normalized spacial score (nSPS) is 20.8. The molecule has 2 N–H and O–H groups in total. The van der Waals surface area contributed by atoms with E-state index < -0.39 is 6.43 Å². The lowest BCUT2D eigenvalue weighted by molar-refractivity contribution is 0.133. The second-order valence-corrected chi connectivity index (χ2v) is 6.43. The summed E-state index contributed by atoms with van der Waals surface area (Å²) in [6, 6.07) is 4.16. The van der Waals surface area contributed by atoms with E-state index in [1.165, 1.54) is 4.68 Å². The predicted octanol–water partition coefficient (Wildman–Crippen LogP) is 2.69. The molecule has 1 atom stereocenters. The Kier molecular flexibility index (Phi) is 3.91. The average molecular weight is 334 g/mol. The van der Waals surface area contributed by atoms with E-state index in [-0.39, 0.29) is 11.9 Å². The van der Waals surface area contributed by atoms with Crippen LogP contribution in [0.25, 0.3) is 11.4 Å². The minimum absolute atomic E-state index is 0.0688. The zero-order valence-electron chi connectivity index (χ0n) is 13.5. The molecule has 6 nitrogen and oxygen atoms in total. The van der Waals surface area contributed by atoms with Gasteiger partial charge in [0.25, 0.3) is 6.43 Å². The summed E-state index contributed by atoms with van der Waals surface area (Å²) < 4.78 is 27.7. The minimum atomic E-state index is -2.61. The smallest absolute Gasteiger partial charge is 0.297 e. The highest BCUT2D eigenvalue weighted by atomic mass is 19.3. The van der Waals surface area contributed by atoms with Gasteiger partial charge >= 0.3 is 0 Å². The molecule has 128 valence electrons. The van der Waals surface area contributed by atoms with Gasteiger partial charge in [-0.3, -0.25) is 0 Å². The molecular weight excluding hydrogens is 314 g/mol. The maximum atomic E-state index is 13.2. The van der Waals surface area contributed by atoms with E-state index in [2.05, 4.69) is 25.7 Å². The zero-order valence-corrected chi connectivity index (χ0v) is 13.5. The SMILES string of the molecule is Cc1nc(N[C@H]2CCNC2)ccc1-c1nc(C(F)F)n(C2CC2)n1. The molecule has 2 aliphatic rings. The zero-order chi connectivity index (χ0) is 16.7. The van der Waals surface area contributed by atoms with E-state index in [1.807, 2.05) is 19.1 Å². The van der Waals surface area contributed by atoms with Crippen LogP contribution in [0.2, 0.25) is 0 Å². The molecule has 1 saturated carbocycles. The van der Waals surface area contributed by atoms with Crippen molar-refractivity contribution < 1.29 is 8.78 Å². The van der Waals surface area contributed by atoms with E-state index >= 15 is 0 Å². The third-order valence-electron chi connectivity index (χ3n) is 4.48. The van der Waals surface area contributed by atoms with Crippen LogP contribution in [0.15, 0.2) is 12.1 Å². The Bertz CT molecular complexity index is 715. The molecule has 1 aliphatic carbocycles. The monoisotopic (exact) mass is 334 g/mol. The van der Waals surface area contributed by atoms with E-state index in [9.17, 15) is 8.78 Å². The van der Waals surface area contributed by atoms with Crippen molar-refractivity contribution in [3.05, 3.63) is 23.7 Å². The minimum Gasteiger partial charge on any atom is -0.366 e. The molecule has 2 aromatic heterocycles. The number of hydrogen-bond donors (Lipinski definition) is 2. The number of hydrogen-bond acceptors (Lipinski definition) is 5. The molecule has 2 fully saturated rings. The quantitative estimate of drug-likeness (QED) is 0.880. The van der Waals surface area contributed by atoms with Gasteiger partial charge in [0.1, 0.15) is 5.82 Å². The van der Waals surface area contributed by atoms with Gasteiger partial charge in [-0.15, -0.1) is 0 Å². The largest absolute Gasteiger partial charge is 0.366 e. The van der Waals surface area contributed by atoms with Gasteiger partial charge < -0.3 is 10.6 Å². The Morgan fingerprint density at radius 3 is 2.71 bits per heavy atom. The number of aryl methyl sites for hydroxylation is 1. The summed E-state index contributed by atoms with van der Waals surface area (Å²) in [6.45, 7) is 3.79. The molecule has 1 aliphatic heterocycles. The fourth-order valence-electron chi connectivity index (χ4n) is 3.05. The third-order valence-corrected chi connectivity index (χ3v) is 4.48. The summed E-state index contributed by atoms with van der Waals surface area (Å²) in [5.41, 5.74) is 1.44. The van der Waals surface area contributed by atoms with Crippen LogP contribution in [0.5, 0.6) is 0 Å². The molecule has 2 aromatic rings. The van der Waals surface area contributed by atoms with E-state index in [0.29, 0.717) is 17.4 Å². The Morgan fingerprint density at radius 2 is 2.08 bits per heavy atom. The van der Waals surface area contributed by atoms with Crippen LogP contribution in [-0.4, -0.2) is 38.9 Å². The first-order valence-electron chi connectivity index (χ1n) is 8.31. The highest BCUT2D eigenvalue weighted by molar-refractivity contribution is 5.60. The Morgan fingerprint density at radius 1 is 1.25 bits per heavy atom. The highest BCUT2D eigenvalue weighted by Gasteiger charge is 2.31. The standard InChI is InChI=1S/C16H20F2N6/c1-9-12(4-5-13(20-9)21-10-6-7-19-8-10)15-22-16(14(17)18)24(23-15)11-2-3-11/h4-5,10-11,14,19H,2-3,6-8H2,1H3,(H,20,21)/t10-/m0/s1. The van der Waals surface area contributed by atoms with E-state index in [1.54, 1.807) is 0 Å². The molecule has 4 rings (SSSR count). The molecular formula is C16H20F2N6. The second-order valence-electron chi connectivity index (χ2n) is 6.43. The van der Waals surface area contributed by atoms with Gasteiger partial charge in [0.05, 0.1) is 11.7 Å². The van der Waals surface area contributed by atoms with Gasteiger partial charge in [-0.2, -0.15) is 5.10 Å². The van der Waals surface area contributed by atoms with E-state index in [4.69, 9.17) is 0 Å². The molecule has 8 heteroatoms. The van der Waals surface area contributed by atoms with Gasteiger partial charge in [-0.1, -0.05) is 0 Å². The van der Waals surface area contributed by atoms with Crippen molar-refractivity contribution in [2.24, 2.45) is 0 Å². The number of nitrogens with zero attached hydrogens (tertiary/aromatic N) is 4. The van der Waals surface area contributed by atoms with Gasteiger partial charge in [0, 0.05) is 18.2 Å². The molecule has 3 heterocycles. The topological polar surface area (TPSA) is 67.7 Å². The molecule has 0 radical (unpaired) electrons.